The molecule has 0 amide bonds. The first-order chi connectivity index (χ1) is 5.09. The molecule has 0 aromatic heterocycles. The van der Waals surface area contributed by atoms with Gasteiger partial charge in [-0.25, -0.2) is 8.78 Å². The Morgan fingerprint density at radius 3 is 1.55 bits per heavy atom. The third-order valence-corrected chi connectivity index (χ3v) is 2.74. The van der Waals surface area contributed by atoms with Crippen molar-refractivity contribution in [3.8, 4) is 0 Å². The Hall–Kier alpha value is -0.140. The van der Waals surface area contributed by atoms with E-state index >= 15 is 0 Å². The van der Waals surface area contributed by atoms with Gasteiger partial charge in [-0.1, -0.05) is 13.8 Å². The van der Waals surface area contributed by atoms with Crippen molar-refractivity contribution in [1.29, 1.82) is 0 Å². The van der Waals surface area contributed by atoms with E-state index in [0.29, 0.717) is 24.7 Å². The summed E-state index contributed by atoms with van der Waals surface area (Å²) < 4.78 is 25.8. The molecule has 0 aliphatic heterocycles. The van der Waals surface area contributed by atoms with Crippen LogP contribution in [0.25, 0.3) is 0 Å². The first-order valence-corrected chi connectivity index (χ1v) is 4.37. The van der Waals surface area contributed by atoms with Crippen LogP contribution in [0.4, 0.5) is 8.78 Å². The van der Waals surface area contributed by atoms with Gasteiger partial charge in [-0.2, -0.15) is 0 Å². The molecule has 4 atom stereocenters. The van der Waals surface area contributed by atoms with Crippen molar-refractivity contribution in [3.05, 3.63) is 0 Å². The summed E-state index contributed by atoms with van der Waals surface area (Å²) in [6.45, 7) is 4.02. The van der Waals surface area contributed by atoms with Crippen molar-refractivity contribution >= 4 is 0 Å². The molecule has 11 heavy (non-hydrogen) atoms. The molecule has 0 N–H and O–H groups in total. The second-order valence-electron chi connectivity index (χ2n) is 3.86. The Morgan fingerprint density at radius 2 is 1.18 bits per heavy atom. The second-order valence-corrected chi connectivity index (χ2v) is 3.86. The van der Waals surface area contributed by atoms with Crippen LogP contribution < -0.4 is 0 Å². The van der Waals surface area contributed by atoms with Crippen molar-refractivity contribution in [2.75, 3.05) is 0 Å². The Morgan fingerprint density at radius 1 is 0.818 bits per heavy atom. The van der Waals surface area contributed by atoms with Crippen LogP contribution in [-0.2, 0) is 0 Å². The Kier molecular flexibility index (Phi) is 2.85. The monoisotopic (exact) mass is 162 g/mol. The lowest BCUT2D eigenvalue weighted by atomic mass is 9.91. The van der Waals surface area contributed by atoms with E-state index in [1.54, 1.807) is 0 Å². The van der Waals surface area contributed by atoms with Gasteiger partial charge in [-0.15, -0.1) is 0 Å². The van der Waals surface area contributed by atoms with Crippen molar-refractivity contribution in [1.82, 2.24) is 0 Å². The normalized spacial score (nSPS) is 46.9. The average Bonchev–Trinajstić information content (AvgIpc) is 1.93. The van der Waals surface area contributed by atoms with Crippen molar-refractivity contribution in [2.45, 2.75) is 45.5 Å². The summed E-state index contributed by atoms with van der Waals surface area (Å²) >= 11 is 0. The number of alkyl halides is 2. The van der Waals surface area contributed by atoms with Gasteiger partial charge in [-0.3, -0.25) is 0 Å². The molecule has 0 aromatic rings. The van der Waals surface area contributed by atoms with Gasteiger partial charge in [0.05, 0.1) is 0 Å². The Balaban J connectivity index is 2.51. The van der Waals surface area contributed by atoms with Crippen LogP contribution in [0, 0.1) is 11.8 Å². The number of rotatable bonds is 0. The summed E-state index contributed by atoms with van der Waals surface area (Å²) in [6, 6.07) is 0. The first kappa shape index (κ1) is 8.95. The number of halogens is 2. The molecule has 0 bridgehead atoms. The van der Waals surface area contributed by atoms with Crippen LogP contribution in [0.1, 0.15) is 33.1 Å². The van der Waals surface area contributed by atoms with Gasteiger partial charge >= 0.3 is 0 Å². The molecule has 0 nitrogen and oxygen atoms in total. The molecule has 1 rings (SSSR count). The fourth-order valence-electron chi connectivity index (χ4n) is 1.74. The van der Waals surface area contributed by atoms with Crippen molar-refractivity contribution in [2.24, 2.45) is 11.8 Å². The smallest absolute Gasteiger partial charge is 0.103 e. The molecule has 0 saturated heterocycles. The molecule has 4 unspecified atom stereocenters. The van der Waals surface area contributed by atoms with Gasteiger partial charge in [0.2, 0.25) is 0 Å². The predicted molar refractivity (Wildman–Crippen MR) is 42.0 cm³/mol. The van der Waals surface area contributed by atoms with Gasteiger partial charge in [-0.05, 0) is 24.7 Å². The molecule has 1 aliphatic carbocycles. The van der Waals surface area contributed by atoms with Crippen LogP contribution in [0.2, 0.25) is 0 Å². The zero-order chi connectivity index (χ0) is 8.43. The maximum atomic E-state index is 12.9. The van der Waals surface area contributed by atoms with E-state index in [1.165, 1.54) is 0 Å². The lowest BCUT2D eigenvalue weighted by Gasteiger charge is -2.16. The maximum Gasteiger partial charge on any atom is 0.103 e. The molecular weight excluding hydrogens is 146 g/mol. The summed E-state index contributed by atoms with van der Waals surface area (Å²) in [6.07, 6.45) is -0.618. The summed E-state index contributed by atoms with van der Waals surface area (Å²) in [5.41, 5.74) is 0. The summed E-state index contributed by atoms with van der Waals surface area (Å²) in [5, 5.41) is 0. The zero-order valence-corrected chi connectivity index (χ0v) is 7.19. The minimum absolute atomic E-state index is 0.120. The highest BCUT2D eigenvalue weighted by atomic mass is 19.1. The van der Waals surface area contributed by atoms with Gasteiger partial charge < -0.3 is 0 Å². The molecular formula is C9H16F2. The molecule has 66 valence electrons. The van der Waals surface area contributed by atoms with E-state index in [9.17, 15) is 8.78 Å². The van der Waals surface area contributed by atoms with E-state index < -0.39 is 12.3 Å². The summed E-state index contributed by atoms with van der Waals surface area (Å²) in [7, 11) is 0. The van der Waals surface area contributed by atoms with Crippen LogP contribution in [-0.4, -0.2) is 12.3 Å². The average molecular weight is 162 g/mol. The SMILES string of the molecule is CC1CC(F)CC(F)CC1C. The Bertz CT molecular complexity index is 111. The third kappa shape index (κ3) is 2.42. The highest BCUT2D eigenvalue weighted by Gasteiger charge is 2.27. The highest BCUT2D eigenvalue weighted by molar-refractivity contribution is 4.77. The maximum absolute atomic E-state index is 12.9. The van der Waals surface area contributed by atoms with E-state index in [2.05, 4.69) is 0 Å². The standard InChI is InChI=1S/C9H16F2/c1-6-3-8(10)5-9(11)4-7(6)2/h6-9H,3-5H2,1-2H3. The largest absolute Gasteiger partial charge is 0.247 e. The number of hydrogen-bond donors (Lipinski definition) is 0. The third-order valence-electron chi connectivity index (χ3n) is 2.74. The fourth-order valence-corrected chi connectivity index (χ4v) is 1.74. The topological polar surface area (TPSA) is 0 Å². The summed E-state index contributed by atoms with van der Waals surface area (Å²) in [5.74, 6) is 0.677. The molecule has 0 spiro atoms. The summed E-state index contributed by atoms with van der Waals surface area (Å²) in [4.78, 5) is 0. The molecule has 0 heterocycles. The van der Waals surface area contributed by atoms with Gasteiger partial charge in [0.15, 0.2) is 0 Å². The van der Waals surface area contributed by atoms with Crippen molar-refractivity contribution in [3.63, 3.8) is 0 Å². The lowest BCUT2D eigenvalue weighted by molar-refractivity contribution is 0.218. The van der Waals surface area contributed by atoms with Gasteiger partial charge in [0.25, 0.3) is 0 Å². The highest BCUT2D eigenvalue weighted by Crippen LogP contribution is 2.31. The van der Waals surface area contributed by atoms with Crippen molar-refractivity contribution < 1.29 is 8.78 Å². The molecule has 1 aliphatic rings. The van der Waals surface area contributed by atoms with Crippen LogP contribution in [0.3, 0.4) is 0 Å². The van der Waals surface area contributed by atoms with Gasteiger partial charge in [0.1, 0.15) is 12.3 Å². The molecule has 1 fully saturated rings. The molecule has 2 heteroatoms. The minimum atomic E-state index is -0.912. The van der Waals surface area contributed by atoms with E-state index in [1.807, 2.05) is 13.8 Å². The Labute approximate surface area is 67.0 Å². The molecule has 1 saturated carbocycles. The van der Waals surface area contributed by atoms with Crippen LogP contribution >= 0.6 is 0 Å². The van der Waals surface area contributed by atoms with E-state index in [-0.39, 0.29) is 6.42 Å². The van der Waals surface area contributed by atoms with Gasteiger partial charge in [0, 0.05) is 6.42 Å². The van der Waals surface area contributed by atoms with Crippen LogP contribution in [0.5, 0.6) is 0 Å². The quantitative estimate of drug-likeness (QED) is 0.480. The zero-order valence-electron chi connectivity index (χ0n) is 7.19. The van der Waals surface area contributed by atoms with E-state index in [4.69, 9.17) is 0 Å². The molecule has 0 aromatic carbocycles. The second kappa shape index (κ2) is 3.51. The fraction of sp³-hybridized carbons (Fsp3) is 1.00. The lowest BCUT2D eigenvalue weighted by Crippen LogP contribution is -2.09. The minimum Gasteiger partial charge on any atom is -0.247 e. The number of hydrogen-bond acceptors (Lipinski definition) is 0. The first-order valence-electron chi connectivity index (χ1n) is 4.37. The van der Waals surface area contributed by atoms with Crippen LogP contribution in [0.15, 0.2) is 0 Å². The predicted octanol–water partition coefficient (Wildman–Crippen LogP) is 3.12. The van der Waals surface area contributed by atoms with E-state index in [0.717, 1.165) is 0 Å². The molecule has 0 radical (unpaired) electrons.